The lowest BCUT2D eigenvalue weighted by atomic mass is 9.84. The topological polar surface area (TPSA) is 32.3 Å². The lowest BCUT2D eigenvalue weighted by Crippen LogP contribution is -2.27. The van der Waals surface area contributed by atoms with Crippen LogP contribution in [0.15, 0.2) is 18.2 Å². The summed E-state index contributed by atoms with van der Waals surface area (Å²) in [5.41, 5.74) is 3.63. The molecule has 0 bridgehead atoms. The normalized spacial score (nSPS) is 24.8. The van der Waals surface area contributed by atoms with Crippen molar-refractivity contribution in [3.63, 3.8) is 0 Å². The number of nitrogens with one attached hydrogen (secondary N) is 1. The summed E-state index contributed by atoms with van der Waals surface area (Å²) in [6.07, 6.45) is 7.61. The maximum absolute atomic E-state index is 11.6. The number of fused-ring (bicyclic) bond motifs is 1. The van der Waals surface area contributed by atoms with E-state index in [0.29, 0.717) is 6.04 Å². The largest absolute Gasteiger partial charge is 0.382 e. The van der Waals surface area contributed by atoms with Gasteiger partial charge in [0.15, 0.2) is 0 Å². The van der Waals surface area contributed by atoms with Gasteiger partial charge in [-0.25, -0.2) is 0 Å². The Morgan fingerprint density at radius 3 is 3.00 bits per heavy atom. The highest BCUT2D eigenvalue weighted by atomic mass is 16.2. The van der Waals surface area contributed by atoms with Gasteiger partial charge >= 0.3 is 0 Å². The number of carbonyl (C=O) groups excluding carboxylic acids is 1. The molecule has 3 heteroatoms. The van der Waals surface area contributed by atoms with E-state index in [1.807, 2.05) is 4.90 Å². The maximum Gasteiger partial charge on any atom is 0.223 e. The summed E-state index contributed by atoms with van der Waals surface area (Å²) in [5.74, 6) is 1.03. The third-order valence-corrected chi connectivity index (χ3v) is 5.09. The molecule has 2 aliphatic rings. The molecule has 1 N–H and O–H groups in total. The van der Waals surface area contributed by atoms with Crippen LogP contribution in [0.25, 0.3) is 0 Å². The Kier molecular flexibility index (Phi) is 4.18. The van der Waals surface area contributed by atoms with Crippen molar-refractivity contribution in [2.24, 2.45) is 5.92 Å². The highest BCUT2D eigenvalue weighted by Crippen LogP contribution is 2.33. The maximum atomic E-state index is 11.6. The lowest BCUT2D eigenvalue weighted by molar-refractivity contribution is -0.116. The number of amides is 1. The number of nitrogens with zero attached hydrogens (tertiary/aromatic N) is 1. The van der Waals surface area contributed by atoms with E-state index in [1.54, 1.807) is 6.92 Å². The summed E-state index contributed by atoms with van der Waals surface area (Å²) in [4.78, 5) is 13.5. The first kappa shape index (κ1) is 14.4. The molecule has 1 aliphatic heterocycles. The Bertz CT molecular complexity index is 526. The summed E-state index contributed by atoms with van der Waals surface area (Å²) in [5, 5.41) is 3.72. The molecule has 1 fully saturated rings. The van der Waals surface area contributed by atoms with Crippen LogP contribution in [-0.2, 0) is 11.2 Å². The van der Waals surface area contributed by atoms with E-state index >= 15 is 0 Å². The van der Waals surface area contributed by atoms with Crippen LogP contribution in [0.2, 0.25) is 0 Å². The van der Waals surface area contributed by atoms with E-state index in [2.05, 4.69) is 30.4 Å². The van der Waals surface area contributed by atoms with Gasteiger partial charge in [0, 0.05) is 30.9 Å². The Hall–Kier alpha value is -1.51. The van der Waals surface area contributed by atoms with Gasteiger partial charge in [0.1, 0.15) is 0 Å². The number of anilines is 2. The van der Waals surface area contributed by atoms with Gasteiger partial charge in [-0.1, -0.05) is 26.2 Å². The van der Waals surface area contributed by atoms with Gasteiger partial charge in [0.05, 0.1) is 0 Å². The third kappa shape index (κ3) is 3.07. The van der Waals surface area contributed by atoms with Gasteiger partial charge < -0.3 is 10.2 Å². The molecular formula is C18H26N2O. The molecule has 1 saturated carbocycles. The zero-order chi connectivity index (χ0) is 14.8. The molecule has 1 amide bonds. The van der Waals surface area contributed by atoms with Crippen LogP contribution in [0.4, 0.5) is 11.4 Å². The molecule has 2 atom stereocenters. The zero-order valence-corrected chi connectivity index (χ0v) is 13.2. The molecule has 1 aromatic carbocycles. The van der Waals surface area contributed by atoms with Gasteiger partial charge in [-0.05, 0) is 48.9 Å². The molecule has 3 nitrogen and oxygen atoms in total. The van der Waals surface area contributed by atoms with Gasteiger partial charge in [-0.3, -0.25) is 4.79 Å². The fourth-order valence-corrected chi connectivity index (χ4v) is 3.85. The monoisotopic (exact) mass is 286 g/mol. The van der Waals surface area contributed by atoms with Crippen molar-refractivity contribution in [1.82, 2.24) is 0 Å². The first-order valence-corrected chi connectivity index (χ1v) is 8.35. The minimum atomic E-state index is 0.146. The van der Waals surface area contributed by atoms with Gasteiger partial charge in [0.2, 0.25) is 5.91 Å². The number of hydrogen-bond acceptors (Lipinski definition) is 2. The summed E-state index contributed by atoms with van der Waals surface area (Å²) >= 11 is 0. The Morgan fingerprint density at radius 1 is 1.38 bits per heavy atom. The Labute approximate surface area is 127 Å². The third-order valence-electron chi connectivity index (χ3n) is 5.09. The number of carbonyl (C=O) groups is 1. The Balaban J connectivity index is 1.69. The molecule has 21 heavy (non-hydrogen) atoms. The van der Waals surface area contributed by atoms with Crippen LogP contribution in [0.1, 0.15) is 51.5 Å². The van der Waals surface area contributed by atoms with Crippen molar-refractivity contribution in [1.29, 1.82) is 0 Å². The molecular weight excluding hydrogens is 260 g/mol. The molecule has 2 unspecified atom stereocenters. The first-order valence-electron chi connectivity index (χ1n) is 8.35. The molecule has 0 spiro atoms. The van der Waals surface area contributed by atoms with Crippen molar-refractivity contribution in [2.75, 3.05) is 16.8 Å². The van der Waals surface area contributed by atoms with Crippen molar-refractivity contribution >= 4 is 17.3 Å². The fourth-order valence-electron chi connectivity index (χ4n) is 3.85. The molecule has 0 saturated heterocycles. The van der Waals surface area contributed by atoms with Crippen molar-refractivity contribution in [3.8, 4) is 0 Å². The zero-order valence-electron chi connectivity index (χ0n) is 13.2. The van der Waals surface area contributed by atoms with Crippen LogP contribution in [0.5, 0.6) is 0 Å². The van der Waals surface area contributed by atoms with Crippen molar-refractivity contribution in [3.05, 3.63) is 23.8 Å². The van der Waals surface area contributed by atoms with Gasteiger partial charge in [0.25, 0.3) is 0 Å². The van der Waals surface area contributed by atoms with Crippen LogP contribution >= 0.6 is 0 Å². The smallest absolute Gasteiger partial charge is 0.223 e. The molecule has 1 aliphatic carbocycles. The molecule has 1 aromatic rings. The van der Waals surface area contributed by atoms with E-state index in [-0.39, 0.29) is 5.91 Å². The SMILES string of the molecule is CCC1CCCC(Nc2ccc3c(c2)CCN3C(C)=O)C1. The number of hydrogen-bond donors (Lipinski definition) is 1. The quantitative estimate of drug-likeness (QED) is 0.911. The van der Waals surface area contributed by atoms with Crippen LogP contribution < -0.4 is 10.2 Å². The number of rotatable bonds is 3. The van der Waals surface area contributed by atoms with Crippen LogP contribution in [0, 0.1) is 5.92 Å². The average molecular weight is 286 g/mol. The van der Waals surface area contributed by atoms with E-state index in [9.17, 15) is 4.79 Å². The molecule has 0 aromatic heterocycles. The predicted octanol–water partition coefficient (Wildman–Crippen LogP) is 3.98. The summed E-state index contributed by atoms with van der Waals surface area (Å²) < 4.78 is 0. The van der Waals surface area contributed by atoms with E-state index < -0.39 is 0 Å². The minimum Gasteiger partial charge on any atom is -0.382 e. The van der Waals surface area contributed by atoms with E-state index in [4.69, 9.17) is 0 Å². The molecule has 1 heterocycles. The second-order valence-electron chi connectivity index (χ2n) is 6.55. The molecule has 114 valence electrons. The highest BCUT2D eigenvalue weighted by Gasteiger charge is 2.24. The first-order chi connectivity index (χ1) is 10.2. The molecule has 3 rings (SSSR count). The summed E-state index contributed by atoms with van der Waals surface area (Å²) in [7, 11) is 0. The fraction of sp³-hybridized carbons (Fsp3) is 0.611. The number of benzene rings is 1. The minimum absolute atomic E-state index is 0.146. The van der Waals surface area contributed by atoms with Crippen LogP contribution in [-0.4, -0.2) is 18.5 Å². The van der Waals surface area contributed by atoms with Crippen LogP contribution in [0.3, 0.4) is 0 Å². The average Bonchev–Trinajstić information content (AvgIpc) is 2.90. The second-order valence-corrected chi connectivity index (χ2v) is 6.55. The lowest BCUT2D eigenvalue weighted by Gasteiger charge is -2.30. The summed E-state index contributed by atoms with van der Waals surface area (Å²) in [6, 6.07) is 7.10. The molecule has 0 radical (unpaired) electrons. The van der Waals surface area contributed by atoms with E-state index in [0.717, 1.165) is 24.6 Å². The predicted molar refractivity (Wildman–Crippen MR) is 87.8 cm³/mol. The second kappa shape index (κ2) is 6.08. The van der Waals surface area contributed by atoms with Crippen molar-refractivity contribution < 1.29 is 4.79 Å². The highest BCUT2D eigenvalue weighted by molar-refractivity contribution is 5.94. The van der Waals surface area contributed by atoms with E-state index in [1.165, 1.54) is 43.4 Å². The standard InChI is InChI=1S/C18H26N2O/c1-3-14-5-4-6-16(11-14)19-17-7-8-18-15(12-17)9-10-20(18)13(2)21/h7-8,12,14,16,19H,3-6,9-11H2,1-2H3. The van der Waals surface area contributed by atoms with Crippen molar-refractivity contribution in [2.45, 2.75) is 58.4 Å². The van der Waals surface area contributed by atoms with Gasteiger partial charge in [-0.15, -0.1) is 0 Å². The Morgan fingerprint density at radius 2 is 2.24 bits per heavy atom. The summed E-state index contributed by atoms with van der Waals surface area (Å²) in [6.45, 7) is 4.78. The van der Waals surface area contributed by atoms with Gasteiger partial charge in [-0.2, -0.15) is 0 Å².